The van der Waals surface area contributed by atoms with Crippen LogP contribution in [0.4, 0.5) is 11.6 Å². The van der Waals surface area contributed by atoms with Crippen molar-refractivity contribution in [3.8, 4) is 11.9 Å². The zero-order valence-corrected chi connectivity index (χ0v) is 17.2. The number of benzene rings is 2. The number of nitriles is 1. The third-order valence-corrected chi connectivity index (χ3v) is 5.51. The monoisotopic (exact) mass is 423 g/mol. The predicted octanol–water partition coefficient (Wildman–Crippen LogP) is 2.89. The number of aliphatic hydroxyl groups is 1. The van der Waals surface area contributed by atoms with Crippen molar-refractivity contribution in [1.29, 1.82) is 5.26 Å². The largest absolute Gasteiger partial charge is 0.482 e. The summed E-state index contributed by atoms with van der Waals surface area (Å²) in [6, 6.07) is 9.02. The Morgan fingerprint density at radius 1 is 1.42 bits per heavy atom. The summed E-state index contributed by atoms with van der Waals surface area (Å²) in [6.45, 7) is 3.70. The number of aromatic nitrogens is 2. The molecule has 3 aromatic rings. The Kier molecular flexibility index (Phi) is 5.00. The van der Waals surface area contributed by atoms with E-state index in [1.165, 1.54) is 25.3 Å². The van der Waals surface area contributed by atoms with Crippen LogP contribution in [0.1, 0.15) is 24.1 Å². The third-order valence-electron chi connectivity index (χ3n) is 5.51. The lowest BCUT2D eigenvalue weighted by atomic mass is 9.85. The van der Waals surface area contributed by atoms with Gasteiger partial charge in [0.1, 0.15) is 11.9 Å². The summed E-state index contributed by atoms with van der Waals surface area (Å²) in [7, 11) is 1.50. The molecule has 4 rings (SSSR count). The van der Waals surface area contributed by atoms with Gasteiger partial charge in [-0.3, -0.25) is 20.0 Å². The zero-order chi connectivity index (χ0) is 22.3. The highest BCUT2D eigenvalue weighted by molar-refractivity contribution is 5.80. The van der Waals surface area contributed by atoms with Gasteiger partial charge in [0.15, 0.2) is 11.8 Å². The summed E-state index contributed by atoms with van der Waals surface area (Å²) in [5, 5.41) is 34.7. The van der Waals surface area contributed by atoms with Crippen LogP contribution in [0.3, 0.4) is 0 Å². The molecule has 0 amide bonds. The molecule has 0 radical (unpaired) electrons. The predicted molar refractivity (Wildman–Crippen MR) is 112 cm³/mol. The van der Waals surface area contributed by atoms with Gasteiger partial charge in [0.05, 0.1) is 28.6 Å². The normalized spacial score (nSPS) is 22.4. The molecule has 1 aliphatic heterocycles. The molecule has 3 atom stereocenters. The van der Waals surface area contributed by atoms with Gasteiger partial charge in [0.2, 0.25) is 5.95 Å². The second-order valence-electron chi connectivity index (χ2n) is 7.75. The van der Waals surface area contributed by atoms with Gasteiger partial charge in [0.25, 0.3) is 5.69 Å². The molecule has 10 nitrogen and oxygen atoms in total. The Bertz CT molecular complexity index is 1220. The first-order valence-corrected chi connectivity index (χ1v) is 9.57. The van der Waals surface area contributed by atoms with Crippen LogP contribution >= 0.6 is 0 Å². The maximum Gasteiger partial charge on any atom is 0.270 e. The summed E-state index contributed by atoms with van der Waals surface area (Å²) in [5.74, 6) is 0.601. The molecule has 31 heavy (non-hydrogen) atoms. The highest BCUT2D eigenvalue weighted by atomic mass is 16.6. The lowest BCUT2D eigenvalue weighted by Gasteiger charge is -2.44. The topological polar surface area (TPSA) is 135 Å². The first-order valence-electron chi connectivity index (χ1n) is 9.57. The number of nitro groups is 1. The van der Waals surface area contributed by atoms with Crippen molar-refractivity contribution in [2.75, 3.05) is 19.0 Å². The molecule has 0 saturated heterocycles. The number of aryl methyl sites for hydroxylation is 1. The number of non-ortho nitro benzene ring substituents is 1. The van der Waals surface area contributed by atoms with Crippen LogP contribution in [0.15, 0.2) is 36.4 Å². The Morgan fingerprint density at radius 3 is 2.87 bits per heavy atom. The van der Waals surface area contributed by atoms with Crippen molar-refractivity contribution in [1.82, 2.24) is 9.55 Å². The highest BCUT2D eigenvalue weighted by Crippen LogP contribution is 2.45. The van der Waals surface area contributed by atoms with Crippen molar-refractivity contribution in [3.63, 3.8) is 0 Å². The summed E-state index contributed by atoms with van der Waals surface area (Å²) >= 11 is 0. The van der Waals surface area contributed by atoms with Crippen molar-refractivity contribution < 1.29 is 19.5 Å². The van der Waals surface area contributed by atoms with Crippen LogP contribution in [0, 0.1) is 28.5 Å². The number of methoxy groups -OCH3 is 1. The fraction of sp³-hybridized carbons (Fsp3) is 0.333. The average Bonchev–Trinajstić information content (AvgIpc) is 3.06. The van der Waals surface area contributed by atoms with E-state index in [1.54, 1.807) is 11.5 Å². The molecule has 2 heterocycles. The SMILES string of the molecule is COC[C@]1(C)Oc2ccc([N+](=O)[O-])cc2[C@H](n2c(NC#N)nc3ccc(C)cc32)[C@H]1O. The first kappa shape index (κ1) is 20.6. The number of aliphatic hydroxyl groups excluding tert-OH is 1. The maximum atomic E-state index is 11.5. The molecule has 160 valence electrons. The second-order valence-corrected chi connectivity index (χ2v) is 7.75. The number of rotatable bonds is 5. The molecule has 0 aliphatic carbocycles. The number of imidazole rings is 1. The van der Waals surface area contributed by atoms with Crippen LogP contribution in [-0.2, 0) is 4.74 Å². The van der Waals surface area contributed by atoms with Gasteiger partial charge < -0.3 is 14.6 Å². The molecule has 2 N–H and O–H groups in total. The van der Waals surface area contributed by atoms with E-state index in [9.17, 15) is 20.5 Å². The number of nitro benzene ring substituents is 1. The summed E-state index contributed by atoms with van der Waals surface area (Å²) in [5.41, 5.74) is 1.37. The molecule has 0 saturated carbocycles. The highest BCUT2D eigenvalue weighted by Gasteiger charge is 2.48. The van der Waals surface area contributed by atoms with Gasteiger partial charge in [-0.2, -0.15) is 5.26 Å². The van der Waals surface area contributed by atoms with Crippen LogP contribution in [0.5, 0.6) is 5.75 Å². The van der Waals surface area contributed by atoms with E-state index < -0.39 is 22.7 Å². The minimum atomic E-state index is -1.17. The Hall–Kier alpha value is -3.68. The van der Waals surface area contributed by atoms with E-state index in [1.807, 2.05) is 31.3 Å². The summed E-state index contributed by atoms with van der Waals surface area (Å²) in [4.78, 5) is 15.4. The Balaban J connectivity index is 2.04. The van der Waals surface area contributed by atoms with Gasteiger partial charge >= 0.3 is 0 Å². The van der Waals surface area contributed by atoms with E-state index in [4.69, 9.17) is 9.47 Å². The minimum Gasteiger partial charge on any atom is -0.482 e. The number of ether oxygens (including phenoxy) is 2. The molecule has 10 heteroatoms. The van der Waals surface area contributed by atoms with Gasteiger partial charge in [-0.25, -0.2) is 4.98 Å². The van der Waals surface area contributed by atoms with Gasteiger partial charge in [0, 0.05) is 24.8 Å². The molecule has 0 fully saturated rings. The van der Waals surface area contributed by atoms with E-state index in [0.717, 1.165) is 5.56 Å². The fourth-order valence-electron chi connectivity index (χ4n) is 4.09. The lowest BCUT2D eigenvalue weighted by Crippen LogP contribution is -2.55. The van der Waals surface area contributed by atoms with E-state index >= 15 is 0 Å². The average molecular weight is 423 g/mol. The number of hydrogen-bond donors (Lipinski definition) is 2. The molecule has 0 bridgehead atoms. The number of hydrogen-bond acceptors (Lipinski definition) is 8. The van der Waals surface area contributed by atoms with Gasteiger partial charge in [-0.1, -0.05) is 6.07 Å². The van der Waals surface area contributed by atoms with Crippen LogP contribution < -0.4 is 10.1 Å². The summed E-state index contributed by atoms with van der Waals surface area (Å²) < 4.78 is 13.0. The Morgan fingerprint density at radius 2 is 2.19 bits per heavy atom. The molecule has 0 unspecified atom stereocenters. The first-order chi connectivity index (χ1) is 14.8. The molecule has 1 aliphatic rings. The quantitative estimate of drug-likeness (QED) is 0.277. The van der Waals surface area contributed by atoms with Crippen LogP contribution in [0.2, 0.25) is 0 Å². The standard InChI is InChI=1S/C21H21N5O5/c1-12-4-6-15-16(8-12)25(20(24-15)23-11-22)18-14-9-13(26(28)29)5-7-17(14)31-21(2,10-30-3)19(18)27/h4-9,18-19,27H,10H2,1-3H3,(H,23,24)/t18-,19+,21-/m0/s1. The molecule has 2 aromatic carbocycles. The number of fused-ring (bicyclic) bond motifs is 2. The lowest BCUT2D eigenvalue weighted by molar-refractivity contribution is -0.385. The Labute approximate surface area is 177 Å². The fourth-order valence-corrected chi connectivity index (χ4v) is 4.09. The van der Waals surface area contributed by atoms with E-state index in [-0.39, 0.29) is 18.2 Å². The maximum absolute atomic E-state index is 11.5. The number of nitrogens with zero attached hydrogens (tertiary/aromatic N) is 4. The number of anilines is 1. The van der Waals surface area contributed by atoms with Gasteiger partial charge in [-0.05, 0) is 37.6 Å². The molecule has 1 aromatic heterocycles. The minimum absolute atomic E-state index is 0.0771. The number of nitrogens with one attached hydrogen (secondary N) is 1. The van der Waals surface area contributed by atoms with Crippen molar-refractivity contribution >= 4 is 22.7 Å². The van der Waals surface area contributed by atoms with Crippen molar-refractivity contribution in [2.24, 2.45) is 0 Å². The van der Waals surface area contributed by atoms with Crippen molar-refractivity contribution in [3.05, 3.63) is 57.6 Å². The van der Waals surface area contributed by atoms with Crippen molar-refractivity contribution in [2.45, 2.75) is 31.6 Å². The molecular formula is C21H21N5O5. The van der Waals surface area contributed by atoms with E-state index in [0.29, 0.717) is 22.3 Å². The molecular weight excluding hydrogens is 402 g/mol. The smallest absolute Gasteiger partial charge is 0.270 e. The van der Waals surface area contributed by atoms with Gasteiger partial charge in [-0.15, -0.1) is 0 Å². The summed E-state index contributed by atoms with van der Waals surface area (Å²) in [6.07, 6.45) is 0.707. The second kappa shape index (κ2) is 7.54. The molecule has 0 spiro atoms. The van der Waals surface area contributed by atoms with Crippen LogP contribution in [-0.4, -0.2) is 45.0 Å². The zero-order valence-electron chi connectivity index (χ0n) is 17.2. The van der Waals surface area contributed by atoms with E-state index in [2.05, 4.69) is 10.3 Å². The third kappa shape index (κ3) is 3.34. The van der Waals surface area contributed by atoms with Crippen LogP contribution in [0.25, 0.3) is 11.0 Å².